The predicted octanol–water partition coefficient (Wildman–Crippen LogP) is 4.58. The first-order valence-electron chi connectivity index (χ1n) is 7.58. The van der Waals surface area contributed by atoms with Gasteiger partial charge in [-0.15, -0.1) is 0 Å². The van der Waals surface area contributed by atoms with Crippen molar-refractivity contribution in [2.24, 2.45) is 0 Å². The second kappa shape index (κ2) is 7.63. The average Bonchev–Trinajstić information content (AvgIpc) is 2.57. The molecule has 0 aliphatic rings. The molecule has 6 nitrogen and oxygen atoms in total. The molecule has 3 rings (SSSR count). The van der Waals surface area contributed by atoms with Crippen LogP contribution in [-0.2, 0) is 4.79 Å². The third kappa shape index (κ3) is 4.68. The Labute approximate surface area is 150 Å². The van der Waals surface area contributed by atoms with Gasteiger partial charge >= 0.3 is 0 Å². The van der Waals surface area contributed by atoms with Gasteiger partial charge in [-0.25, -0.2) is 9.97 Å². The zero-order chi connectivity index (χ0) is 17.6. The van der Waals surface area contributed by atoms with Crippen molar-refractivity contribution in [2.45, 2.75) is 6.92 Å². The molecule has 0 bridgehead atoms. The molecule has 3 aromatic rings. The van der Waals surface area contributed by atoms with E-state index in [1.807, 2.05) is 42.5 Å². The van der Waals surface area contributed by atoms with Crippen LogP contribution in [0.1, 0.15) is 6.92 Å². The Hall–Kier alpha value is -3.12. The number of aromatic nitrogens is 2. The molecule has 0 aliphatic heterocycles. The number of hydrogen-bond acceptors (Lipinski definition) is 5. The van der Waals surface area contributed by atoms with Crippen LogP contribution in [0.4, 0.5) is 28.7 Å². The van der Waals surface area contributed by atoms with Crippen molar-refractivity contribution in [3.8, 4) is 0 Å². The zero-order valence-electron chi connectivity index (χ0n) is 13.5. The van der Waals surface area contributed by atoms with Crippen LogP contribution in [0.15, 0.2) is 60.9 Å². The highest BCUT2D eigenvalue weighted by molar-refractivity contribution is 6.33. The molecule has 25 heavy (non-hydrogen) atoms. The van der Waals surface area contributed by atoms with Crippen molar-refractivity contribution in [1.29, 1.82) is 0 Å². The number of nitrogens with zero attached hydrogens (tertiary/aromatic N) is 2. The fourth-order valence-corrected chi connectivity index (χ4v) is 2.40. The Morgan fingerprint density at radius 1 is 0.920 bits per heavy atom. The molecule has 1 heterocycles. The number of carbonyl (C=O) groups excluding carboxylic acids is 1. The molecule has 0 radical (unpaired) electrons. The van der Waals surface area contributed by atoms with Gasteiger partial charge < -0.3 is 16.0 Å². The van der Waals surface area contributed by atoms with Crippen LogP contribution in [0, 0.1) is 0 Å². The van der Waals surface area contributed by atoms with Gasteiger partial charge in [-0.1, -0.05) is 29.8 Å². The summed E-state index contributed by atoms with van der Waals surface area (Å²) in [6, 6.07) is 16.6. The van der Waals surface area contributed by atoms with E-state index in [1.165, 1.54) is 13.3 Å². The third-order valence-electron chi connectivity index (χ3n) is 3.26. The lowest BCUT2D eigenvalue weighted by Crippen LogP contribution is -2.06. The van der Waals surface area contributed by atoms with Gasteiger partial charge in [0.2, 0.25) is 5.91 Å². The topological polar surface area (TPSA) is 78.9 Å². The molecule has 0 aliphatic carbocycles. The maximum atomic E-state index is 11.2. The van der Waals surface area contributed by atoms with E-state index in [2.05, 4.69) is 25.9 Å². The van der Waals surface area contributed by atoms with Gasteiger partial charge in [0.15, 0.2) is 0 Å². The minimum atomic E-state index is -0.120. The van der Waals surface area contributed by atoms with Gasteiger partial charge in [0.05, 0.1) is 10.7 Å². The van der Waals surface area contributed by atoms with E-state index in [-0.39, 0.29) is 5.91 Å². The van der Waals surface area contributed by atoms with Crippen molar-refractivity contribution < 1.29 is 4.79 Å². The maximum Gasteiger partial charge on any atom is 0.221 e. The van der Waals surface area contributed by atoms with Gasteiger partial charge in [0.25, 0.3) is 0 Å². The highest BCUT2D eigenvalue weighted by Gasteiger charge is 2.04. The van der Waals surface area contributed by atoms with E-state index in [4.69, 9.17) is 11.6 Å². The van der Waals surface area contributed by atoms with Crippen molar-refractivity contribution in [1.82, 2.24) is 9.97 Å². The van der Waals surface area contributed by atoms with Crippen LogP contribution < -0.4 is 16.0 Å². The summed E-state index contributed by atoms with van der Waals surface area (Å²) in [5.74, 6) is 1.11. The van der Waals surface area contributed by atoms with Crippen LogP contribution >= 0.6 is 11.6 Å². The molecule has 3 N–H and O–H groups in total. The second-order valence-electron chi connectivity index (χ2n) is 5.28. The van der Waals surface area contributed by atoms with Gasteiger partial charge in [0.1, 0.15) is 18.0 Å². The Balaban J connectivity index is 1.76. The Bertz CT molecular complexity index is 900. The number of nitrogens with one attached hydrogen (secondary N) is 3. The number of amides is 1. The largest absolute Gasteiger partial charge is 0.340 e. The van der Waals surface area contributed by atoms with E-state index < -0.39 is 0 Å². The van der Waals surface area contributed by atoms with Gasteiger partial charge in [-0.05, 0) is 30.3 Å². The van der Waals surface area contributed by atoms with Crippen LogP contribution in [0.3, 0.4) is 0 Å². The number of para-hydroxylation sites is 1. The molecular formula is C18H16ClN5O. The van der Waals surface area contributed by atoms with Gasteiger partial charge in [0, 0.05) is 24.4 Å². The lowest BCUT2D eigenvalue weighted by molar-refractivity contribution is -0.114. The molecule has 0 fully saturated rings. The van der Waals surface area contributed by atoms with Crippen molar-refractivity contribution in [2.75, 3.05) is 16.0 Å². The minimum Gasteiger partial charge on any atom is -0.340 e. The SMILES string of the molecule is CC(=O)Nc1cccc(Nc2cc(Nc3ccccc3Cl)ncn2)c1. The smallest absolute Gasteiger partial charge is 0.221 e. The normalized spacial score (nSPS) is 10.2. The van der Waals surface area contributed by atoms with Crippen LogP contribution in [-0.4, -0.2) is 15.9 Å². The molecule has 126 valence electrons. The number of halogens is 1. The number of hydrogen-bond donors (Lipinski definition) is 3. The lowest BCUT2D eigenvalue weighted by Gasteiger charge is -2.10. The maximum absolute atomic E-state index is 11.2. The zero-order valence-corrected chi connectivity index (χ0v) is 14.2. The van der Waals surface area contributed by atoms with Crippen LogP contribution in [0.5, 0.6) is 0 Å². The van der Waals surface area contributed by atoms with E-state index in [1.54, 1.807) is 12.1 Å². The second-order valence-corrected chi connectivity index (χ2v) is 5.69. The summed E-state index contributed by atoms with van der Waals surface area (Å²) in [6.07, 6.45) is 1.46. The summed E-state index contributed by atoms with van der Waals surface area (Å²) in [6.45, 7) is 1.47. The van der Waals surface area contributed by atoms with Crippen molar-refractivity contribution in [3.05, 3.63) is 65.9 Å². The summed E-state index contributed by atoms with van der Waals surface area (Å²) in [5.41, 5.74) is 2.27. The summed E-state index contributed by atoms with van der Waals surface area (Å²) < 4.78 is 0. The highest BCUT2D eigenvalue weighted by Crippen LogP contribution is 2.25. The predicted molar refractivity (Wildman–Crippen MR) is 101 cm³/mol. The summed E-state index contributed by atoms with van der Waals surface area (Å²) in [5, 5.41) is 9.69. The van der Waals surface area contributed by atoms with E-state index in [0.717, 1.165) is 11.4 Å². The number of benzene rings is 2. The third-order valence-corrected chi connectivity index (χ3v) is 3.59. The minimum absolute atomic E-state index is 0.120. The van der Waals surface area contributed by atoms with Crippen molar-refractivity contribution in [3.63, 3.8) is 0 Å². The molecular weight excluding hydrogens is 338 g/mol. The van der Waals surface area contributed by atoms with Crippen LogP contribution in [0.2, 0.25) is 5.02 Å². The number of rotatable bonds is 5. The molecule has 7 heteroatoms. The molecule has 0 saturated heterocycles. The van der Waals surface area contributed by atoms with Crippen LogP contribution in [0.25, 0.3) is 0 Å². The fraction of sp³-hybridized carbons (Fsp3) is 0.0556. The van der Waals surface area contributed by atoms with E-state index in [0.29, 0.717) is 22.3 Å². The first-order valence-corrected chi connectivity index (χ1v) is 7.96. The van der Waals surface area contributed by atoms with E-state index >= 15 is 0 Å². The van der Waals surface area contributed by atoms with Gasteiger partial charge in [-0.2, -0.15) is 0 Å². The fourth-order valence-electron chi connectivity index (χ4n) is 2.22. The summed E-state index contributed by atoms with van der Waals surface area (Å²) in [4.78, 5) is 19.6. The Morgan fingerprint density at radius 3 is 2.40 bits per heavy atom. The molecule has 1 amide bonds. The quantitative estimate of drug-likeness (QED) is 0.626. The summed E-state index contributed by atoms with van der Waals surface area (Å²) >= 11 is 6.15. The monoisotopic (exact) mass is 353 g/mol. The molecule has 0 spiro atoms. The number of anilines is 5. The molecule has 1 aromatic heterocycles. The van der Waals surface area contributed by atoms with E-state index in [9.17, 15) is 4.79 Å². The number of carbonyl (C=O) groups is 1. The van der Waals surface area contributed by atoms with Gasteiger partial charge in [-0.3, -0.25) is 4.79 Å². The molecule has 2 aromatic carbocycles. The average molecular weight is 354 g/mol. The first-order chi connectivity index (χ1) is 12.1. The molecule has 0 saturated carbocycles. The van der Waals surface area contributed by atoms with Crippen molar-refractivity contribution >= 4 is 46.2 Å². The lowest BCUT2D eigenvalue weighted by atomic mass is 10.2. The Morgan fingerprint density at radius 2 is 1.64 bits per heavy atom. The standard InChI is InChI=1S/C18H16ClN5O/c1-12(25)22-13-5-4-6-14(9-13)23-17-10-18(21-11-20-17)24-16-8-3-2-7-15(16)19/h2-11H,1H3,(H,22,25)(H2,20,21,23,24). The molecule has 0 unspecified atom stereocenters. The highest BCUT2D eigenvalue weighted by atomic mass is 35.5. The Kier molecular flexibility index (Phi) is 5.11. The molecule has 0 atom stereocenters. The first kappa shape index (κ1) is 16.7. The summed E-state index contributed by atoms with van der Waals surface area (Å²) in [7, 11) is 0.